The first-order valence-electron chi connectivity index (χ1n) is 6.03. The average Bonchev–Trinajstić information content (AvgIpc) is 2.28. The highest BCUT2D eigenvalue weighted by molar-refractivity contribution is 5.23. The van der Waals surface area contributed by atoms with Gasteiger partial charge in [0.2, 0.25) is 0 Å². The summed E-state index contributed by atoms with van der Waals surface area (Å²) in [5.74, 6) is -0.951. The van der Waals surface area contributed by atoms with Crippen molar-refractivity contribution in [2.24, 2.45) is 5.73 Å². The van der Waals surface area contributed by atoms with E-state index in [-0.39, 0.29) is 17.6 Å². The molecular formula is C13H18F2N2. The number of nitrogens with two attached hydrogens (primary N) is 1. The summed E-state index contributed by atoms with van der Waals surface area (Å²) in [7, 11) is 0. The highest BCUT2D eigenvalue weighted by Crippen LogP contribution is 2.27. The molecule has 0 bridgehead atoms. The largest absolute Gasteiger partial charge is 0.327 e. The van der Waals surface area contributed by atoms with Gasteiger partial charge in [-0.2, -0.15) is 0 Å². The minimum Gasteiger partial charge on any atom is -0.327 e. The van der Waals surface area contributed by atoms with Crippen LogP contribution in [0.3, 0.4) is 0 Å². The zero-order valence-corrected chi connectivity index (χ0v) is 10.00. The molecule has 0 radical (unpaired) electrons. The van der Waals surface area contributed by atoms with Crippen LogP contribution in [0.1, 0.15) is 31.4 Å². The van der Waals surface area contributed by atoms with Gasteiger partial charge in [0.25, 0.3) is 0 Å². The van der Waals surface area contributed by atoms with Gasteiger partial charge in [0.05, 0.1) is 0 Å². The van der Waals surface area contributed by atoms with Gasteiger partial charge in [-0.1, -0.05) is 6.07 Å². The lowest BCUT2D eigenvalue weighted by Gasteiger charge is -2.35. The highest BCUT2D eigenvalue weighted by Gasteiger charge is 2.25. The predicted octanol–water partition coefficient (Wildman–Crippen LogP) is 2.45. The van der Waals surface area contributed by atoms with Gasteiger partial charge in [-0.15, -0.1) is 0 Å². The number of nitrogens with zero attached hydrogens (tertiary/aromatic N) is 1. The molecule has 0 spiro atoms. The fraction of sp³-hybridized carbons (Fsp3) is 0.538. The molecule has 2 nitrogen and oxygen atoms in total. The van der Waals surface area contributed by atoms with E-state index < -0.39 is 11.6 Å². The van der Waals surface area contributed by atoms with E-state index in [0.29, 0.717) is 6.54 Å². The Kier molecular flexibility index (Phi) is 3.74. The number of hydrogen-bond acceptors (Lipinski definition) is 2. The third-order valence-electron chi connectivity index (χ3n) is 3.45. The summed E-state index contributed by atoms with van der Waals surface area (Å²) < 4.78 is 27.3. The third-order valence-corrected chi connectivity index (χ3v) is 3.45. The van der Waals surface area contributed by atoms with Crippen molar-refractivity contribution >= 4 is 0 Å². The van der Waals surface area contributed by atoms with Gasteiger partial charge < -0.3 is 5.73 Å². The van der Waals surface area contributed by atoms with Crippen molar-refractivity contribution in [2.45, 2.75) is 31.8 Å². The zero-order chi connectivity index (χ0) is 12.4. The van der Waals surface area contributed by atoms with Crippen LogP contribution in [0.15, 0.2) is 18.2 Å². The third kappa shape index (κ3) is 2.64. The van der Waals surface area contributed by atoms with Crippen molar-refractivity contribution in [1.82, 2.24) is 4.90 Å². The van der Waals surface area contributed by atoms with E-state index in [1.807, 2.05) is 6.92 Å². The average molecular weight is 240 g/mol. The van der Waals surface area contributed by atoms with Crippen LogP contribution in [0.25, 0.3) is 0 Å². The molecule has 1 heterocycles. The molecule has 0 aliphatic carbocycles. The van der Waals surface area contributed by atoms with Gasteiger partial charge in [-0.25, -0.2) is 8.78 Å². The molecule has 2 N–H and O–H groups in total. The van der Waals surface area contributed by atoms with Crippen LogP contribution >= 0.6 is 0 Å². The molecule has 1 aliphatic rings. The quantitative estimate of drug-likeness (QED) is 0.860. The van der Waals surface area contributed by atoms with Crippen molar-refractivity contribution in [2.75, 3.05) is 13.1 Å². The Morgan fingerprint density at radius 2 is 2.00 bits per heavy atom. The lowest BCUT2D eigenvalue weighted by molar-refractivity contribution is 0.154. The molecule has 2 atom stereocenters. The fourth-order valence-corrected chi connectivity index (χ4v) is 2.48. The SMILES string of the molecule is CC(c1c(F)cccc1F)N1CCCC(N)C1. The Morgan fingerprint density at radius 3 is 2.59 bits per heavy atom. The van der Waals surface area contributed by atoms with Crippen LogP contribution in [0.4, 0.5) is 8.78 Å². The van der Waals surface area contributed by atoms with Crippen LogP contribution in [0.5, 0.6) is 0 Å². The first-order valence-corrected chi connectivity index (χ1v) is 6.03. The Morgan fingerprint density at radius 1 is 1.35 bits per heavy atom. The molecule has 17 heavy (non-hydrogen) atoms. The molecular weight excluding hydrogens is 222 g/mol. The first-order chi connectivity index (χ1) is 8.09. The van der Waals surface area contributed by atoms with E-state index in [1.54, 1.807) is 0 Å². The predicted molar refractivity (Wildman–Crippen MR) is 63.6 cm³/mol. The van der Waals surface area contributed by atoms with Crippen molar-refractivity contribution in [1.29, 1.82) is 0 Å². The van der Waals surface area contributed by atoms with Gasteiger partial charge in [-0.3, -0.25) is 4.90 Å². The van der Waals surface area contributed by atoms with Gasteiger partial charge in [0.15, 0.2) is 0 Å². The fourth-order valence-electron chi connectivity index (χ4n) is 2.48. The molecule has 2 rings (SSSR count). The summed E-state index contributed by atoms with van der Waals surface area (Å²) in [6.07, 6.45) is 1.98. The molecule has 0 aromatic heterocycles. The molecule has 1 aromatic rings. The van der Waals surface area contributed by atoms with Crippen molar-refractivity contribution in [3.63, 3.8) is 0 Å². The standard InChI is InChI=1S/C13H18F2N2/c1-9(17-7-3-4-10(16)8-17)13-11(14)5-2-6-12(13)15/h2,5-6,9-10H,3-4,7-8,16H2,1H3. The molecule has 0 saturated carbocycles. The van der Waals surface area contributed by atoms with E-state index in [0.717, 1.165) is 19.4 Å². The Balaban J connectivity index is 2.21. The number of benzene rings is 1. The number of halogens is 2. The Labute approximate surface area is 100 Å². The van der Waals surface area contributed by atoms with Crippen LogP contribution in [0.2, 0.25) is 0 Å². The lowest BCUT2D eigenvalue weighted by atomic mass is 10.00. The normalized spacial score (nSPS) is 23.6. The highest BCUT2D eigenvalue weighted by atomic mass is 19.1. The zero-order valence-electron chi connectivity index (χ0n) is 10.00. The molecule has 1 aliphatic heterocycles. The van der Waals surface area contributed by atoms with Gasteiger partial charge >= 0.3 is 0 Å². The van der Waals surface area contributed by atoms with Crippen LogP contribution < -0.4 is 5.73 Å². The maximum atomic E-state index is 13.7. The van der Waals surface area contributed by atoms with Crippen LogP contribution in [-0.2, 0) is 0 Å². The van der Waals surface area contributed by atoms with E-state index in [9.17, 15) is 8.78 Å². The monoisotopic (exact) mass is 240 g/mol. The van der Waals surface area contributed by atoms with Crippen LogP contribution in [0, 0.1) is 11.6 Å². The van der Waals surface area contributed by atoms with E-state index in [4.69, 9.17) is 5.73 Å². The molecule has 1 saturated heterocycles. The van der Waals surface area contributed by atoms with Gasteiger partial charge in [-0.05, 0) is 38.4 Å². The molecule has 4 heteroatoms. The van der Waals surface area contributed by atoms with Crippen LogP contribution in [-0.4, -0.2) is 24.0 Å². The second kappa shape index (κ2) is 5.10. The van der Waals surface area contributed by atoms with Gasteiger partial charge in [0, 0.05) is 24.2 Å². The summed E-state index contributed by atoms with van der Waals surface area (Å²) in [6, 6.07) is 3.85. The van der Waals surface area contributed by atoms with Crippen molar-refractivity contribution < 1.29 is 8.78 Å². The summed E-state index contributed by atoms with van der Waals surface area (Å²) in [6.45, 7) is 3.39. The number of rotatable bonds is 2. The smallest absolute Gasteiger partial charge is 0.130 e. The lowest BCUT2D eigenvalue weighted by Crippen LogP contribution is -2.44. The van der Waals surface area contributed by atoms with E-state index in [1.165, 1.54) is 18.2 Å². The second-order valence-corrected chi connectivity index (χ2v) is 4.71. The first kappa shape index (κ1) is 12.5. The summed E-state index contributed by atoms with van der Waals surface area (Å²) >= 11 is 0. The number of hydrogen-bond donors (Lipinski definition) is 1. The molecule has 2 unspecified atom stereocenters. The van der Waals surface area contributed by atoms with Crippen molar-refractivity contribution in [3.8, 4) is 0 Å². The molecule has 1 aromatic carbocycles. The molecule has 1 fully saturated rings. The Bertz CT molecular complexity index is 375. The maximum Gasteiger partial charge on any atom is 0.130 e. The summed E-state index contributed by atoms with van der Waals surface area (Å²) in [4.78, 5) is 2.05. The van der Waals surface area contributed by atoms with Crippen molar-refractivity contribution in [3.05, 3.63) is 35.4 Å². The topological polar surface area (TPSA) is 29.3 Å². The summed E-state index contributed by atoms with van der Waals surface area (Å²) in [5.41, 5.74) is 6.04. The minimum absolute atomic E-state index is 0.112. The van der Waals surface area contributed by atoms with E-state index >= 15 is 0 Å². The second-order valence-electron chi connectivity index (χ2n) is 4.71. The maximum absolute atomic E-state index is 13.7. The molecule has 0 amide bonds. The molecule has 94 valence electrons. The van der Waals surface area contributed by atoms with E-state index in [2.05, 4.69) is 4.90 Å². The Hall–Kier alpha value is -1.00. The van der Waals surface area contributed by atoms with Gasteiger partial charge in [0.1, 0.15) is 11.6 Å². The number of likely N-dealkylation sites (tertiary alicyclic amines) is 1. The number of piperidine rings is 1. The minimum atomic E-state index is -0.475. The summed E-state index contributed by atoms with van der Waals surface area (Å²) in [5, 5.41) is 0.